The van der Waals surface area contributed by atoms with Gasteiger partial charge in [-0.25, -0.2) is 0 Å². The first-order valence-electron chi connectivity index (χ1n) is 8.81. The fraction of sp³-hybridized carbons (Fsp3) is 0.381. The van der Waals surface area contributed by atoms with E-state index in [0.717, 1.165) is 13.1 Å². The first-order valence-corrected chi connectivity index (χ1v) is 8.81. The van der Waals surface area contributed by atoms with E-state index in [4.69, 9.17) is 0 Å². The summed E-state index contributed by atoms with van der Waals surface area (Å²) in [5, 5.41) is 0. The minimum absolute atomic E-state index is 0.446. The van der Waals surface area contributed by atoms with E-state index in [1.165, 1.54) is 36.8 Å². The van der Waals surface area contributed by atoms with Crippen LogP contribution < -0.4 is 0 Å². The summed E-state index contributed by atoms with van der Waals surface area (Å²) in [4.78, 5) is 4.88. The van der Waals surface area contributed by atoms with Gasteiger partial charge in [-0.3, -0.25) is 9.80 Å². The lowest BCUT2D eigenvalue weighted by atomic mass is 10.0. The fourth-order valence-electron chi connectivity index (χ4n) is 3.94. The summed E-state index contributed by atoms with van der Waals surface area (Å²) in [7, 11) is 0. The normalized spacial score (nSPS) is 25.9. The van der Waals surface area contributed by atoms with Crippen LogP contribution >= 0.6 is 0 Å². The SMILES string of the molecule is [C](N1CCCC1)N1[C@@H](c2ccccc2)CC[C@@H]1c1ccccc1. The van der Waals surface area contributed by atoms with Crippen LogP contribution in [0.25, 0.3) is 0 Å². The molecule has 2 aliphatic rings. The Bertz CT molecular complexity index is 557. The highest BCUT2D eigenvalue weighted by Crippen LogP contribution is 2.45. The van der Waals surface area contributed by atoms with Gasteiger partial charge in [-0.2, -0.15) is 0 Å². The van der Waals surface area contributed by atoms with Crippen molar-refractivity contribution in [3.05, 3.63) is 78.5 Å². The highest BCUT2D eigenvalue weighted by Gasteiger charge is 2.37. The molecule has 23 heavy (non-hydrogen) atoms. The lowest BCUT2D eigenvalue weighted by molar-refractivity contribution is 0.165. The summed E-state index contributed by atoms with van der Waals surface area (Å²) in [6, 6.07) is 22.7. The zero-order valence-corrected chi connectivity index (χ0v) is 13.6. The van der Waals surface area contributed by atoms with Gasteiger partial charge in [0.15, 0.2) is 0 Å². The van der Waals surface area contributed by atoms with Crippen LogP contribution in [-0.2, 0) is 0 Å². The molecule has 2 aromatic carbocycles. The Morgan fingerprint density at radius 3 is 1.65 bits per heavy atom. The van der Waals surface area contributed by atoms with E-state index < -0.39 is 0 Å². The minimum Gasteiger partial charge on any atom is -0.280 e. The van der Waals surface area contributed by atoms with Gasteiger partial charge in [0, 0.05) is 25.2 Å². The topological polar surface area (TPSA) is 6.48 Å². The Balaban J connectivity index is 1.61. The molecule has 0 aromatic heterocycles. The molecule has 0 amide bonds. The fourth-order valence-corrected chi connectivity index (χ4v) is 3.94. The molecule has 2 aromatic rings. The van der Waals surface area contributed by atoms with E-state index in [0.29, 0.717) is 12.1 Å². The quantitative estimate of drug-likeness (QED) is 0.811. The van der Waals surface area contributed by atoms with Gasteiger partial charge in [0.1, 0.15) is 6.67 Å². The van der Waals surface area contributed by atoms with E-state index in [9.17, 15) is 0 Å². The largest absolute Gasteiger partial charge is 0.280 e. The van der Waals surface area contributed by atoms with Gasteiger partial charge < -0.3 is 0 Å². The molecule has 0 bridgehead atoms. The summed E-state index contributed by atoms with van der Waals surface area (Å²) >= 11 is 0. The van der Waals surface area contributed by atoms with Crippen LogP contribution in [0.2, 0.25) is 0 Å². The molecule has 0 aliphatic carbocycles. The second-order valence-corrected chi connectivity index (χ2v) is 6.63. The second kappa shape index (κ2) is 6.86. The van der Waals surface area contributed by atoms with Crippen molar-refractivity contribution in [2.24, 2.45) is 0 Å². The van der Waals surface area contributed by atoms with Crippen molar-refractivity contribution in [1.82, 2.24) is 9.80 Å². The molecule has 118 valence electrons. The molecule has 2 nitrogen and oxygen atoms in total. The zero-order chi connectivity index (χ0) is 15.5. The monoisotopic (exact) mass is 304 g/mol. The average Bonchev–Trinajstić information content (AvgIpc) is 3.27. The predicted octanol–water partition coefficient (Wildman–Crippen LogP) is 4.66. The van der Waals surface area contributed by atoms with Crippen LogP contribution in [0, 0.1) is 6.67 Å². The number of hydrogen-bond acceptors (Lipinski definition) is 2. The van der Waals surface area contributed by atoms with E-state index >= 15 is 0 Å². The highest BCUT2D eigenvalue weighted by atomic mass is 15.4. The maximum atomic E-state index is 3.74. The molecule has 2 heteroatoms. The summed E-state index contributed by atoms with van der Waals surface area (Å²) < 4.78 is 0. The van der Waals surface area contributed by atoms with E-state index in [2.05, 4.69) is 77.1 Å². The molecule has 0 saturated carbocycles. The van der Waals surface area contributed by atoms with Gasteiger partial charge in [-0.1, -0.05) is 60.7 Å². The van der Waals surface area contributed by atoms with Crippen molar-refractivity contribution in [2.45, 2.75) is 37.8 Å². The number of hydrogen-bond donors (Lipinski definition) is 0. The smallest absolute Gasteiger partial charge is 0.147 e. The second-order valence-electron chi connectivity index (χ2n) is 6.63. The number of likely N-dealkylation sites (tertiary alicyclic amines) is 2. The van der Waals surface area contributed by atoms with Crippen LogP contribution in [0.3, 0.4) is 0 Å². The van der Waals surface area contributed by atoms with Crippen LogP contribution in [-0.4, -0.2) is 22.9 Å². The van der Waals surface area contributed by atoms with Crippen LogP contribution in [0.5, 0.6) is 0 Å². The van der Waals surface area contributed by atoms with Crippen molar-refractivity contribution in [2.75, 3.05) is 13.1 Å². The lowest BCUT2D eigenvalue weighted by Crippen LogP contribution is -2.32. The van der Waals surface area contributed by atoms with E-state index in [-0.39, 0.29) is 0 Å². The van der Waals surface area contributed by atoms with Crippen molar-refractivity contribution in [3.63, 3.8) is 0 Å². The minimum atomic E-state index is 0.446. The van der Waals surface area contributed by atoms with Crippen molar-refractivity contribution < 1.29 is 0 Å². The highest BCUT2D eigenvalue weighted by molar-refractivity contribution is 5.26. The van der Waals surface area contributed by atoms with Gasteiger partial charge in [-0.15, -0.1) is 0 Å². The molecule has 2 aliphatic heterocycles. The maximum absolute atomic E-state index is 3.74. The van der Waals surface area contributed by atoms with Crippen molar-refractivity contribution in [3.8, 4) is 0 Å². The Labute approximate surface area is 139 Å². The van der Waals surface area contributed by atoms with E-state index in [1.807, 2.05) is 0 Å². The molecular formula is C21H24N2. The average molecular weight is 304 g/mol. The molecule has 2 atom stereocenters. The Kier molecular flexibility index (Phi) is 4.45. The van der Waals surface area contributed by atoms with Crippen molar-refractivity contribution >= 4 is 0 Å². The van der Waals surface area contributed by atoms with E-state index in [1.54, 1.807) is 0 Å². The van der Waals surface area contributed by atoms with Crippen molar-refractivity contribution in [1.29, 1.82) is 0 Å². The molecule has 0 unspecified atom stereocenters. The summed E-state index contributed by atoms with van der Waals surface area (Å²) in [6.07, 6.45) is 4.99. The lowest BCUT2D eigenvalue weighted by Gasteiger charge is -2.32. The molecule has 2 saturated heterocycles. The zero-order valence-electron chi connectivity index (χ0n) is 13.6. The Hall–Kier alpha value is -1.64. The molecule has 2 radical (unpaired) electrons. The summed E-state index contributed by atoms with van der Waals surface area (Å²) in [6.45, 7) is 6.05. The third-order valence-electron chi connectivity index (χ3n) is 5.12. The third-order valence-corrected chi connectivity index (χ3v) is 5.12. The molecule has 2 fully saturated rings. The summed E-state index contributed by atoms with van der Waals surface area (Å²) in [5.74, 6) is 0. The van der Waals surface area contributed by atoms with Crippen LogP contribution in [0.15, 0.2) is 60.7 Å². The standard InChI is InChI=1S/C21H24N2/c1-3-9-18(10-4-1)20-13-14-21(19-11-5-2-6-12-19)23(20)17-22-15-7-8-16-22/h1-6,9-12,20-21H,7-8,13-16H2/t20-,21-/m1/s1. The molecule has 0 N–H and O–H groups in total. The maximum Gasteiger partial charge on any atom is 0.147 e. The molecule has 0 spiro atoms. The number of benzene rings is 2. The van der Waals surface area contributed by atoms with Crippen LogP contribution in [0.4, 0.5) is 0 Å². The molecular weight excluding hydrogens is 280 g/mol. The van der Waals surface area contributed by atoms with Gasteiger partial charge in [-0.05, 0) is 36.8 Å². The predicted molar refractivity (Wildman–Crippen MR) is 93.5 cm³/mol. The number of rotatable bonds is 4. The number of nitrogens with zero attached hydrogens (tertiary/aromatic N) is 2. The first-order chi connectivity index (χ1) is 11.4. The van der Waals surface area contributed by atoms with Gasteiger partial charge in [0.2, 0.25) is 0 Å². The molecule has 2 heterocycles. The van der Waals surface area contributed by atoms with Gasteiger partial charge in [0.25, 0.3) is 0 Å². The van der Waals surface area contributed by atoms with Gasteiger partial charge >= 0.3 is 0 Å². The van der Waals surface area contributed by atoms with Gasteiger partial charge in [0.05, 0.1) is 0 Å². The Morgan fingerprint density at radius 1 is 0.696 bits per heavy atom. The molecule has 4 rings (SSSR count). The first kappa shape index (κ1) is 14.9. The summed E-state index contributed by atoms with van der Waals surface area (Å²) in [5.41, 5.74) is 2.83. The third kappa shape index (κ3) is 3.19. The Morgan fingerprint density at radius 2 is 1.17 bits per heavy atom. The van der Waals surface area contributed by atoms with Crippen LogP contribution in [0.1, 0.15) is 48.9 Å².